The Morgan fingerprint density at radius 3 is 2.53 bits per heavy atom. The number of likely N-dealkylation sites (tertiary alicyclic amines) is 1. The van der Waals surface area contributed by atoms with Crippen LogP contribution in [0.1, 0.15) is 39.5 Å². The second-order valence-electron chi connectivity index (χ2n) is 5.97. The summed E-state index contributed by atoms with van der Waals surface area (Å²) in [6.45, 7) is 8.80. The van der Waals surface area contributed by atoms with Crippen LogP contribution in [-0.2, 0) is 4.74 Å². The number of piperidine rings is 1. The van der Waals surface area contributed by atoms with Gasteiger partial charge < -0.3 is 4.74 Å². The molecule has 100 valence electrons. The standard InChI is InChI=1S/C13H27N3O/c1-13(2,16-7-4-3-5-8-16)12(15-14)11-6-9-17-10-11/h11-12,15H,3-10,14H2,1-2H3. The highest BCUT2D eigenvalue weighted by atomic mass is 16.5. The minimum atomic E-state index is 0.119. The van der Waals surface area contributed by atoms with E-state index in [9.17, 15) is 0 Å². The van der Waals surface area contributed by atoms with Crippen LogP contribution in [0.5, 0.6) is 0 Å². The zero-order valence-electron chi connectivity index (χ0n) is 11.2. The number of nitrogens with two attached hydrogens (primary N) is 1. The van der Waals surface area contributed by atoms with Gasteiger partial charge in [0.15, 0.2) is 0 Å². The minimum Gasteiger partial charge on any atom is -0.381 e. The molecule has 4 nitrogen and oxygen atoms in total. The van der Waals surface area contributed by atoms with Crippen LogP contribution in [0.25, 0.3) is 0 Å². The fraction of sp³-hybridized carbons (Fsp3) is 1.00. The SMILES string of the molecule is CC(C)(C(NN)C1CCOC1)N1CCCCC1. The molecule has 0 radical (unpaired) electrons. The van der Waals surface area contributed by atoms with Gasteiger partial charge in [0.1, 0.15) is 0 Å². The quantitative estimate of drug-likeness (QED) is 0.572. The van der Waals surface area contributed by atoms with Crippen molar-refractivity contribution in [2.75, 3.05) is 26.3 Å². The molecule has 2 saturated heterocycles. The van der Waals surface area contributed by atoms with Gasteiger partial charge >= 0.3 is 0 Å². The van der Waals surface area contributed by atoms with Gasteiger partial charge in [0.05, 0.1) is 6.61 Å². The summed E-state index contributed by atoms with van der Waals surface area (Å²) in [5.74, 6) is 6.37. The van der Waals surface area contributed by atoms with Gasteiger partial charge in [-0.3, -0.25) is 16.2 Å². The first-order valence-electron chi connectivity index (χ1n) is 6.95. The van der Waals surface area contributed by atoms with Crippen molar-refractivity contribution >= 4 is 0 Å². The van der Waals surface area contributed by atoms with E-state index in [0.717, 1.165) is 19.6 Å². The molecule has 0 bridgehead atoms. The molecule has 2 aliphatic heterocycles. The highest BCUT2D eigenvalue weighted by Gasteiger charge is 2.40. The average Bonchev–Trinajstić information content (AvgIpc) is 2.84. The molecule has 0 aromatic carbocycles. The van der Waals surface area contributed by atoms with Crippen molar-refractivity contribution in [3.63, 3.8) is 0 Å². The van der Waals surface area contributed by atoms with Crippen molar-refractivity contribution in [1.29, 1.82) is 0 Å². The Bertz CT molecular complexity index is 233. The van der Waals surface area contributed by atoms with Crippen molar-refractivity contribution in [3.05, 3.63) is 0 Å². The molecule has 0 saturated carbocycles. The van der Waals surface area contributed by atoms with E-state index < -0.39 is 0 Å². The monoisotopic (exact) mass is 241 g/mol. The van der Waals surface area contributed by atoms with Gasteiger partial charge in [-0.2, -0.15) is 0 Å². The van der Waals surface area contributed by atoms with E-state index in [1.165, 1.54) is 32.4 Å². The summed E-state index contributed by atoms with van der Waals surface area (Å²) in [4.78, 5) is 2.60. The maximum atomic E-state index is 5.81. The van der Waals surface area contributed by atoms with Crippen LogP contribution in [0, 0.1) is 5.92 Å². The summed E-state index contributed by atoms with van der Waals surface area (Å²) in [7, 11) is 0. The van der Waals surface area contributed by atoms with E-state index >= 15 is 0 Å². The molecule has 4 heteroatoms. The summed E-state index contributed by atoms with van der Waals surface area (Å²) in [6.07, 6.45) is 5.15. The molecular weight excluding hydrogens is 214 g/mol. The molecule has 0 aliphatic carbocycles. The zero-order chi connectivity index (χ0) is 12.3. The van der Waals surface area contributed by atoms with Crippen molar-refractivity contribution < 1.29 is 4.74 Å². The fourth-order valence-electron chi connectivity index (χ4n) is 3.40. The Balaban J connectivity index is 2.04. The van der Waals surface area contributed by atoms with Gasteiger partial charge in [0, 0.05) is 24.1 Å². The largest absolute Gasteiger partial charge is 0.381 e. The summed E-state index contributed by atoms with van der Waals surface area (Å²) < 4.78 is 5.51. The van der Waals surface area contributed by atoms with Crippen LogP contribution < -0.4 is 11.3 Å². The van der Waals surface area contributed by atoms with Crippen molar-refractivity contribution in [3.8, 4) is 0 Å². The molecule has 0 amide bonds. The van der Waals surface area contributed by atoms with E-state index in [1.807, 2.05) is 0 Å². The number of ether oxygens (including phenoxy) is 1. The van der Waals surface area contributed by atoms with Crippen molar-refractivity contribution in [2.24, 2.45) is 11.8 Å². The lowest BCUT2D eigenvalue weighted by Crippen LogP contribution is -2.63. The number of nitrogens with zero attached hydrogens (tertiary/aromatic N) is 1. The molecule has 17 heavy (non-hydrogen) atoms. The molecule has 2 rings (SSSR count). The second kappa shape index (κ2) is 5.65. The van der Waals surface area contributed by atoms with Gasteiger partial charge in [0.2, 0.25) is 0 Å². The smallest absolute Gasteiger partial charge is 0.0511 e. The molecule has 0 aromatic heterocycles. The Labute approximate surface area is 105 Å². The van der Waals surface area contributed by atoms with Crippen molar-refractivity contribution in [2.45, 2.75) is 51.1 Å². The Hall–Kier alpha value is -0.160. The van der Waals surface area contributed by atoms with Gasteiger partial charge in [-0.25, -0.2) is 0 Å². The Morgan fingerprint density at radius 1 is 1.29 bits per heavy atom. The second-order valence-corrected chi connectivity index (χ2v) is 5.97. The van der Waals surface area contributed by atoms with E-state index in [-0.39, 0.29) is 5.54 Å². The van der Waals surface area contributed by atoms with Crippen LogP contribution in [-0.4, -0.2) is 42.8 Å². The first kappa shape index (κ1) is 13.3. The predicted octanol–water partition coefficient (Wildman–Crippen LogP) is 1.12. The molecule has 0 aromatic rings. The third-order valence-corrected chi connectivity index (χ3v) is 4.55. The Morgan fingerprint density at radius 2 is 2.00 bits per heavy atom. The summed E-state index contributed by atoms with van der Waals surface area (Å²) >= 11 is 0. The van der Waals surface area contributed by atoms with Crippen LogP contribution in [0.3, 0.4) is 0 Å². The highest BCUT2D eigenvalue weighted by molar-refractivity contribution is 4.98. The lowest BCUT2D eigenvalue weighted by molar-refractivity contribution is 0.0368. The van der Waals surface area contributed by atoms with Crippen LogP contribution >= 0.6 is 0 Å². The van der Waals surface area contributed by atoms with Gasteiger partial charge in [-0.05, 0) is 46.2 Å². The third-order valence-electron chi connectivity index (χ3n) is 4.55. The minimum absolute atomic E-state index is 0.119. The predicted molar refractivity (Wildman–Crippen MR) is 69.5 cm³/mol. The normalized spacial score (nSPS) is 29.5. The third kappa shape index (κ3) is 2.81. The molecule has 2 aliphatic rings. The Kier molecular flexibility index (Phi) is 4.42. The van der Waals surface area contributed by atoms with Gasteiger partial charge in [-0.15, -0.1) is 0 Å². The van der Waals surface area contributed by atoms with Gasteiger partial charge in [0.25, 0.3) is 0 Å². The maximum Gasteiger partial charge on any atom is 0.0511 e. The van der Waals surface area contributed by atoms with Crippen LogP contribution in [0.15, 0.2) is 0 Å². The highest BCUT2D eigenvalue weighted by Crippen LogP contribution is 2.30. The molecule has 2 atom stereocenters. The number of hydrazine groups is 1. The zero-order valence-corrected chi connectivity index (χ0v) is 11.2. The molecule has 2 fully saturated rings. The lowest BCUT2D eigenvalue weighted by Gasteiger charge is -2.47. The number of nitrogens with one attached hydrogen (secondary N) is 1. The first-order chi connectivity index (χ1) is 8.16. The summed E-state index contributed by atoms with van der Waals surface area (Å²) in [5.41, 5.74) is 3.18. The molecular formula is C13H27N3O. The lowest BCUT2D eigenvalue weighted by atomic mass is 9.82. The maximum absolute atomic E-state index is 5.81. The summed E-state index contributed by atoms with van der Waals surface area (Å²) in [6, 6.07) is 0.322. The molecule has 2 unspecified atom stereocenters. The van der Waals surface area contributed by atoms with Gasteiger partial charge in [-0.1, -0.05) is 6.42 Å². The van der Waals surface area contributed by atoms with Crippen LogP contribution in [0.2, 0.25) is 0 Å². The first-order valence-corrected chi connectivity index (χ1v) is 6.95. The van der Waals surface area contributed by atoms with E-state index in [4.69, 9.17) is 10.6 Å². The van der Waals surface area contributed by atoms with Crippen molar-refractivity contribution in [1.82, 2.24) is 10.3 Å². The topological polar surface area (TPSA) is 50.5 Å². The summed E-state index contributed by atoms with van der Waals surface area (Å²) in [5, 5.41) is 0. The number of hydrogen-bond acceptors (Lipinski definition) is 4. The number of rotatable bonds is 4. The van der Waals surface area contributed by atoms with E-state index in [2.05, 4.69) is 24.2 Å². The molecule has 0 spiro atoms. The molecule has 3 N–H and O–H groups in total. The van der Waals surface area contributed by atoms with Crippen LogP contribution in [0.4, 0.5) is 0 Å². The number of hydrogen-bond donors (Lipinski definition) is 2. The fourth-order valence-corrected chi connectivity index (χ4v) is 3.40. The molecule has 2 heterocycles. The van der Waals surface area contributed by atoms with E-state index in [0.29, 0.717) is 12.0 Å². The van der Waals surface area contributed by atoms with E-state index in [1.54, 1.807) is 0 Å². The average molecular weight is 241 g/mol.